The molecule has 3 aliphatic rings. The summed E-state index contributed by atoms with van der Waals surface area (Å²) in [7, 11) is 0. The van der Waals surface area contributed by atoms with Crippen molar-refractivity contribution in [2.75, 3.05) is 19.7 Å². The lowest BCUT2D eigenvalue weighted by Crippen LogP contribution is -2.59. The van der Waals surface area contributed by atoms with Crippen LogP contribution < -0.4 is 0 Å². The van der Waals surface area contributed by atoms with E-state index in [2.05, 4.69) is 23.5 Å². The van der Waals surface area contributed by atoms with E-state index < -0.39 is 35.1 Å². The second-order valence-electron chi connectivity index (χ2n) is 13.5. The standard InChI is InChI=1S/C36H44N6O5/c1-6-19-39(21-25-13-9-8-10-14-25)32(44)29-30-33(45)42(28(22-43)24(3)4)31(36(30)18-17-35(29,5)47-36)34(46)40(20-7-2)23-41-27-16-12-11-15-26(27)37-38-41/h6-16,24,28-31,43H,1-2,17-23H2,3-5H3/t28-,29+,30-,31?,35-,36?/m0/s1. The van der Waals surface area contributed by atoms with E-state index in [9.17, 15) is 19.5 Å². The summed E-state index contributed by atoms with van der Waals surface area (Å²) in [5.41, 5.74) is 0.219. The normalized spacial score (nSPS) is 26.9. The Morgan fingerprint density at radius 2 is 1.72 bits per heavy atom. The van der Waals surface area contributed by atoms with Crippen LogP contribution in [0, 0.1) is 17.8 Å². The van der Waals surface area contributed by atoms with E-state index in [0.717, 1.165) is 11.1 Å². The van der Waals surface area contributed by atoms with Crippen molar-refractivity contribution in [3.05, 3.63) is 85.5 Å². The molecule has 1 N–H and O–H groups in total. The predicted molar refractivity (Wildman–Crippen MR) is 176 cm³/mol. The van der Waals surface area contributed by atoms with E-state index in [1.807, 2.05) is 75.4 Å². The Morgan fingerprint density at radius 3 is 2.40 bits per heavy atom. The number of carbonyl (C=O) groups excluding carboxylic acids is 3. The van der Waals surface area contributed by atoms with Crippen LogP contribution in [-0.4, -0.2) is 95.5 Å². The third-order valence-electron chi connectivity index (χ3n) is 10.3. The molecular weight excluding hydrogens is 596 g/mol. The molecule has 6 atom stereocenters. The van der Waals surface area contributed by atoms with E-state index in [-0.39, 0.29) is 43.5 Å². The minimum atomic E-state index is -1.25. The zero-order valence-corrected chi connectivity index (χ0v) is 27.4. The number of aliphatic hydroxyl groups excluding tert-OH is 1. The summed E-state index contributed by atoms with van der Waals surface area (Å²) in [6.07, 6.45) is 4.26. The summed E-state index contributed by atoms with van der Waals surface area (Å²) >= 11 is 0. The van der Waals surface area contributed by atoms with Crippen LogP contribution in [0.1, 0.15) is 39.2 Å². The first-order valence-corrected chi connectivity index (χ1v) is 16.3. The number of aliphatic hydroxyl groups is 1. The average Bonchev–Trinajstić information content (AvgIpc) is 3.76. The fourth-order valence-corrected chi connectivity index (χ4v) is 8.11. The number of fused-ring (bicyclic) bond motifs is 2. The number of benzene rings is 2. The molecule has 47 heavy (non-hydrogen) atoms. The van der Waals surface area contributed by atoms with Crippen molar-refractivity contribution >= 4 is 28.8 Å². The van der Waals surface area contributed by atoms with Crippen LogP contribution >= 0.6 is 0 Å². The first-order valence-electron chi connectivity index (χ1n) is 16.3. The van der Waals surface area contributed by atoms with Gasteiger partial charge in [0.2, 0.25) is 17.7 Å². The number of carbonyl (C=O) groups is 3. The zero-order chi connectivity index (χ0) is 33.5. The fraction of sp³-hybridized carbons (Fsp3) is 0.472. The van der Waals surface area contributed by atoms with E-state index in [0.29, 0.717) is 31.4 Å². The molecule has 11 nitrogen and oxygen atoms in total. The molecule has 0 saturated carbocycles. The van der Waals surface area contributed by atoms with Crippen LogP contribution in [0.3, 0.4) is 0 Å². The van der Waals surface area contributed by atoms with Gasteiger partial charge in [-0.2, -0.15) is 0 Å². The summed E-state index contributed by atoms with van der Waals surface area (Å²) < 4.78 is 8.55. The van der Waals surface area contributed by atoms with Crippen LogP contribution in [-0.2, 0) is 32.3 Å². The maximum absolute atomic E-state index is 14.9. The van der Waals surface area contributed by atoms with Gasteiger partial charge in [0.15, 0.2) is 0 Å². The van der Waals surface area contributed by atoms with Gasteiger partial charge < -0.3 is 24.5 Å². The highest BCUT2D eigenvalue weighted by Crippen LogP contribution is 2.64. The number of likely N-dealkylation sites (tertiary alicyclic amines) is 1. The van der Waals surface area contributed by atoms with Crippen LogP contribution in [0.15, 0.2) is 79.9 Å². The molecule has 0 aliphatic carbocycles. The third kappa shape index (κ3) is 5.35. The minimum Gasteiger partial charge on any atom is -0.394 e. The Kier molecular flexibility index (Phi) is 8.80. The summed E-state index contributed by atoms with van der Waals surface area (Å²) in [6.45, 7) is 14.1. The highest BCUT2D eigenvalue weighted by Gasteiger charge is 2.79. The fourth-order valence-electron chi connectivity index (χ4n) is 8.11. The van der Waals surface area contributed by atoms with Gasteiger partial charge in [0.05, 0.1) is 35.6 Å². The van der Waals surface area contributed by atoms with Gasteiger partial charge in [0.25, 0.3) is 0 Å². The first kappa shape index (κ1) is 32.6. The molecule has 3 aromatic rings. The molecule has 248 valence electrons. The molecule has 6 rings (SSSR count). The van der Waals surface area contributed by atoms with Gasteiger partial charge in [-0.3, -0.25) is 14.4 Å². The van der Waals surface area contributed by atoms with E-state index >= 15 is 0 Å². The van der Waals surface area contributed by atoms with Gasteiger partial charge in [-0.15, -0.1) is 18.3 Å². The average molecular weight is 641 g/mol. The summed E-state index contributed by atoms with van der Waals surface area (Å²) in [4.78, 5) is 49.2. The quantitative estimate of drug-likeness (QED) is 0.285. The molecular formula is C36H44N6O5. The topological polar surface area (TPSA) is 121 Å². The zero-order valence-electron chi connectivity index (χ0n) is 27.4. The van der Waals surface area contributed by atoms with Crippen molar-refractivity contribution < 1.29 is 24.2 Å². The molecule has 1 aromatic heterocycles. The summed E-state index contributed by atoms with van der Waals surface area (Å²) in [5, 5.41) is 19.2. The number of ether oxygens (including phenoxy) is 1. The molecule has 0 radical (unpaired) electrons. The number of rotatable bonds is 13. The Bertz CT molecular complexity index is 1670. The number of aromatic nitrogens is 3. The highest BCUT2D eigenvalue weighted by atomic mass is 16.5. The smallest absolute Gasteiger partial charge is 0.250 e. The molecule has 3 fully saturated rings. The number of hydrogen-bond acceptors (Lipinski definition) is 7. The number of nitrogens with zero attached hydrogens (tertiary/aromatic N) is 6. The van der Waals surface area contributed by atoms with E-state index in [4.69, 9.17) is 4.74 Å². The van der Waals surface area contributed by atoms with Crippen molar-refractivity contribution in [1.82, 2.24) is 29.7 Å². The lowest BCUT2D eigenvalue weighted by atomic mass is 9.66. The van der Waals surface area contributed by atoms with Gasteiger partial charge in [0, 0.05) is 19.6 Å². The Hall–Kier alpha value is -4.35. The first-order chi connectivity index (χ1) is 22.6. The van der Waals surface area contributed by atoms with Gasteiger partial charge in [-0.25, -0.2) is 4.68 Å². The Labute approximate surface area is 275 Å². The molecule has 2 unspecified atom stereocenters. The molecule has 2 aromatic carbocycles. The molecule has 4 heterocycles. The second-order valence-corrected chi connectivity index (χ2v) is 13.5. The van der Waals surface area contributed by atoms with Crippen molar-refractivity contribution in [3.63, 3.8) is 0 Å². The molecule has 3 amide bonds. The van der Waals surface area contributed by atoms with Gasteiger partial charge in [-0.1, -0.05) is 73.7 Å². The minimum absolute atomic E-state index is 0.0694. The largest absolute Gasteiger partial charge is 0.394 e. The summed E-state index contributed by atoms with van der Waals surface area (Å²) in [5.74, 6) is -2.75. The number of para-hydroxylation sites is 1. The van der Waals surface area contributed by atoms with Crippen LogP contribution in [0.25, 0.3) is 11.0 Å². The van der Waals surface area contributed by atoms with Crippen molar-refractivity contribution in [2.24, 2.45) is 17.8 Å². The maximum atomic E-state index is 14.9. The van der Waals surface area contributed by atoms with Crippen molar-refractivity contribution in [1.29, 1.82) is 0 Å². The van der Waals surface area contributed by atoms with Crippen molar-refractivity contribution in [2.45, 2.75) is 70.1 Å². The van der Waals surface area contributed by atoms with Crippen LogP contribution in [0.4, 0.5) is 0 Å². The number of amides is 3. The van der Waals surface area contributed by atoms with Gasteiger partial charge in [-0.05, 0) is 43.4 Å². The molecule has 1 spiro atoms. The van der Waals surface area contributed by atoms with E-state index in [1.165, 1.54) is 4.90 Å². The second kappa shape index (κ2) is 12.7. The SMILES string of the molecule is C=CCN(Cn1nnc2ccccc21)C(=O)C1N([C@@H](CO)C(C)C)C(=O)[C@@H]2[C@H](C(=O)N(CC=C)Cc3ccccc3)[C@]3(C)CCC12O3. The molecule has 3 aliphatic heterocycles. The van der Waals surface area contributed by atoms with Crippen LogP contribution in [0.2, 0.25) is 0 Å². The maximum Gasteiger partial charge on any atom is 0.250 e. The Morgan fingerprint density at radius 1 is 1.04 bits per heavy atom. The lowest BCUT2D eigenvalue weighted by Gasteiger charge is -2.40. The summed E-state index contributed by atoms with van der Waals surface area (Å²) in [6, 6.07) is 15.5. The third-order valence-corrected chi connectivity index (χ3v) is 10.3. The van der Waals surface area contributed by atoms with Gasteiger partial charge in [0.1, 0.15) is 23.8 Å². The van der Waals surface area contributed by atoms with Crippen LogP contribution in [0.5, 0.6) is 0 Å². The van der Waals surface area contributed by atoms with Gasteiger partial charge >= 0.3 is 0 Å². The molecule has 11 heteroatoms. The molecule has 3 saturated heterocycles. The lowest BCUT2D eigenvalue weighted by molar-refractivity contribution is -0.158. The highest BCUT2D eigenvalue weighted by molar-refractivity contribution is 5.99. The predicted octanol–water partition coefficient (Wildman–Crippen LogP) is 3.40. The monoisotopic (exact) mass is 640 g/mol. The van der Waals surface area contributed by atoms with Crippen molar-refractivity contribution in [3.8, 4) is 0 Å². The molecule has 2 bridgehead atoms. The van der Waals surface area contributed by atoms with E-state index in [1.54, 1.807) is 26.6 Å². The number of hydrogen-bond donors (Lipinski definition) is 1. The Balaban J connectivity index is 1.41.